The number of aromatic nitrogens is 3. The number of hydrogen-bond donors (Lipinski definition) is 0. The number of amides is 1. The first kappa shape index (κ1) is 14.5. The normalized spacial score (nSPS) is 14.8. The molecule has 3 aromatic rings. The van der Waals surface area contributed by atoms with Crippen molar-refractivity contribution in [2.24, 2.45) is 0 Å². The number of carbonyl (C=O) groups is 1. The number of piperazine rings is 1. The van der Waals surface area contributed by atoms with Gasteiger partial charge in [-0.25, -0.2) is 0 Å². The molecule has 7 nitrogen and oxygen atoms in total. The molecular weight excluding hydrogens is 306 g/mol. The Hall–Kier alpha value is -3.09. The zero-order chi connectivity index (χ0) is 16.4. The Morgan fingerprint density at radius 2 is 1.58 bits per heavy atom. The van der Waals surface area contributed by atoms with Crippen LogP contribution in [0.1, 0.15) is 10.6 Å². The van der Waals surface area contributed by atoms with Crippen LogP contribution in [0.15, 0.2) is 59.7 Å². The van der Waals surface area contributed by atoms with Crippen molar-refractivity contribution in [3.63, 3.8) is 0 Å². The fraction of sp³-hybridized carbons (Fsp3) is 0.235. The Labute approximate surface area is 139 Å². The summed E-state index contributed by atoms with van der Waals surface area (Å²) in [5, 5.41) is 7.63. The van der Waals surface area contributed by atoms with E-state index >= 15 is 0 Å². The maximum Gasteiger partial charge on any atom is 0.289 e. The highest BCUT2D eigenvalue weighted by molar-refractivity contribution is 5.91. The van der Waals surface area contributed by atoms with E-state index in [2.05, 4.69) is 27.2 Å². The Kier molecular flexibility index (Phi) is 3.74. The molecule has 2 aromatic heterocycles. The third-order valence-electron chi connectivity index (χ3n) is 4.23. The molecule has 122 valence electrons. The van der Waals surface area contributed by atoms with E-state index in [0.29, 0.717) is 18.8 Å². The molecule has 1 fully saturated rings. The molecule has 0 atom stereocenters. The maximum absolute atomic E-state index is 12.3. The molecule has 0 spiro atoms. The van der Waals surface area contributed by atoms with Gasteiger partial charge in [-0.2, -0.15) is 0 Å². The molecule has 0 radical (unpaired) electrons. The van der Waals surface area contributed by atoms with E-state index in [-0.39, 0.29) is 5.91 Å². The second kappa shape index (κ2) is 6.19. The van der Waals surface area contributed by atoms with Crippen molar-refractivity contribution in [2.45, 2.75) is 0 Å². The van der Waals surface area contributed by atoms with Crippen LogP contribution in [-0.4, -0.2) is 51.8 Å². The van der Waals surface area contributed by atoms with Gasteiger partial charge in [0, 0.05) is 37.6 Å². The summed E-state index contributed by atoms with van der Waals surface area (Å²) in [5.74, 6) is 0.365. The summed E-state index contributed by atoms with van der Waals surface area (Å²) in [4.78, 5) is 16.4. The van der Waals surface area contributed by atoms with E-state index < -0.39 is 0 Å². The van der Waals surface area contributed by atoms with Gasteiger partial charge in [0.15, 0.2) is 5.76 Å². The summed E-state index contributed by atoms with van der Waals surface area (Å²) in [6.07, 6.45) is 4.88. The number of benzene rings is 1. The van der Waals surface area contributed by atoms with Gasteiger partial charge in [0.1, 0.15) is 12.7 Å². The van der Waals surface area contributed by atoms with Crippen LogP contribution in [0.2, 0.25) is 0 Å². The average molecular weight is 323 g/mol. The smallest absolute Gasteiger partial charge is 0.289 e. The first-order chi connectivity index (χ1) is 11.8. The third-order valence-corrected chi connectivity index (χ3v) is 4.23. The minimum atomic E-state index is -0.0393. The lowest BCUT2D eigenvalue weighted by Crippen LogP contribution is -2.48. The molecule has 0 unspecified atom stereocenters. The van der Waals surface area contributed by atoms with Gasteiger partial charge in [-0.05, 0) is 36.4 Å². The number of nitrogens with zero attached hydrogens (tertiary/aromatic N) is 5. The Morgan fingerprint density at radius 1 is 0.917 bits per heavy atom. The number of anilines is 1. The Bertz CT molecular complexity index is 788. The minimum absolute atomic E-state index is 0.0393. The monoisotopic (exact) mass is 323 g/mol. The second-order valence-corrected chi connectivity index (χ2v) is 5.64. The van der Waals surface area contributed by atoms with Gasteiger partial charge in [0.25, 0.3) is 5.91 Å². The van der Waals surface area contributed by atoms with Crippen molar-refractivity contribution in [3.8, 4) is 5.69 Å². The molecule has 1 aromatic carbocycles. The maximum atomic E-state index is 12.3. The van der Waals surface area contributed by atoms with Crippen molar-refractivity contribution in [3.05, 3.63) is 61.1 Å². The van der Waals surface area contributed by atoms with Gasteiger partial charge < -0.3 is 14.2 Å². The molecule has 24 heavy (non-hydrogen) atoms. The van der Waals surface area contributed by atoms with E-state index in [1.54, 1.807) is 24.8 Å². The Morgan fingerprint density at radius 3 is 2.21 bits per heavy atom. The van der Waals surface area contributed by atoms with Crippen LogP contribution in [0, 0.1) is 0 Å². The van der Waals surface area contributed by atoms with E-state index in [1.165, 1.54) is 6.26 Å². The number of rotatable bonds is 3. The molecular formula is C17H17N5O2. The van der Waals surface area contributed by atoms with Crippen molar-refractivity contribution in [1.29, 1.82) is 0 Å². The molecule has 0 N–H and O–H groups in total. The molecule has 1 aliphatic heterocycles. The zero-order valence-corrected chi connectivity index (χ0v) is 13.1. The van der Waals surface area contributed by atoms with Crippen LogP contribution in [0.4, 0.5) is 5.69 Å². The highest BCUT2D eigenvalue weighted by atomic mass is 16.3. The summed E-state index contributed by atoms with van der Waals surface area (Å²) in [6, 6.07) is 11.7. The third kappa shape index (κ3) is 2.76. The average Bonchev–Trinajstić information content (AvgIpc) is 3.35. The summed E-state index contributed by atoms with van der Waals surface area (Å²) in [6.45, 7) is 2.98. The first-order valence-electron chi connectivity index (χ1n) is 7.84. The quantitative estimate of drug-likeness (QED) is 0.735. The topological polar surface area (TPSA) is 67.4 Å². The lowest BCUT2D eigenvalue weighted by atomic mass is 10.2. The van der Waals surface area contributed by atoms with Crippen molar-refractivity contribution in [1.82, 2.24) is 19.7 Å². The fourth-order valence-electron chi connectivity index (χ4n) is 2.89. The molecule has 0 saturated carbocycles. The predicted octanol–water partition coefficient (Wildman–Crippen LogP) is 1.82. The Balaban J connectivity index is 1.40. The standard InChI is InChI=1S/C17H17N5O2/c23-17(16-2-1-11-24-16)21-9-7-20(8-10-21)14-3-5-15(6-4-14)22-12-18-19-13-22/h1-6,11-13H,7-10H2. The van der Waals surface area contributed by atoms with Crippen LogP contribution in [-0.2, 0) is 0 Å². The summed E-state index contributed by atoms with van der Waals surface area (Å²) < 4.78 is 7.06. The van der Waals surface area contributed by atoms with E-state index in [4.69, 9.17) is 4.42 Å². The molecule has 1 aliphatic rings. The van der Waals surface area contributed by atoms with Crippen molar-refractivity contribution >= 4 is 11.6 Å². The van der Waals surface area contributed by atoms with Gasteiger partial charge >= 0.3 is 0 Å². The summed E-state index contributed by atoms with van der Waals surface area (Å²) >= 11 is 0. The van der Waals surface area contributed by atoms with E-state index in [9.17, 15) is 4.79 Å². The molecule has 0 bridgehead atoms. The van der Waals surface area contributed by atoms with E-state index in [0.717, 1.165) is 24.5 Å². The lowest BCUT2D eigenvalue weighted by molar-refractivity contribution is 0.0714. The van der Waals surface area contributed by atoms with E-state index in [1.807, 2.05) is 21.6 Å². The first-order valence-corrected chi connectivity index (χ1v) is 7.84. The predicted molar refractivity (Wildman–Crippen MR) is 88.2 cm³/mol. The largest absolute Gasteiger partial charge is 0.459 e. The van der Waals surface area contributed by atoms with Crippen LogP contribution in [0.25, 0.3) is 5.69 Å². The molecule has 1 saturated heterocycles. The van der Waals surface area contributed by atoms with Crippen LogP contribution in [0.3, 0.4) is 0 Å². The molecule has 0 aliphatic carbocycles. The van der Waals surface area contributed by atoms with Gasteiger partial charge in [0.2, 0.25) is 0 Å². The SMILES string of the molecule is O=C(c1ccco1)N1CCN(c2ccc(-n3cnnc3)cc2)CC1. The summed E-state index contributed by atoms with van der Waals surface area (Å²) in [7, 11) is 0. The van der Waals surface area contributed by atoms with Crippen molar-refractivity contribution in [2.75, 3.05) is 31.1 Å². The van der Waals surface area contributed by atoms with Gasteiger partial charge in [-0.3, -0.25) is 9.36 Å². The highest BCUT2D eigenvalue weighted by Crippen LogP contribution is 2.19. The number of hydrogen-bond acceptors (Lipinski definition) is 5. The summed E-state index contributed by atoms with van der Waals surface area (Å²) in [5.41, 5.74) is 2.17. The van der Waals surface area contributed by atoms with Crippen LogP contribution in [0.5, 0.6) is 0 Å². The number of furan rings is 1. The second-order valence-electron chi connectivity index (χ2n) is 5.64. The number of carbonyl (C=O) groups excluding carboxylic acids is 1. The van der Waals surface area contributed by atoms with Gasteiger partial charge in [-0.1, -0.05) is 0 Å². The van der Waals surface area contributed by atoms with Gasteiger partial charge in [0.05, 0.1) is 6.26 Å². The fourth-order valence-corrected chi connectivity index (χ4v) is 2.89. The zero-order valence-electron chi connectivity index (χ0n) is 13.1. The molecule has 3 heterocycles. The van der Waals surface area contributed by atoms with Crippen LogP contribution < -0.4 is 4.90 Å². The van der Waals surface area contributed by atoms with Crippen molar-refractivity contribution < 1.29 is 9.21 Å². The molecule has 4 rings (SSSR count). The van der Waals surface area contributed by atoms with Gasteiger partial charge in [-0.15, -0.1) is 10.2 Å². The van der Waals surface area contributed by atoms with Crippen LogP contribution >= 0.6 is 0 Å². The molecule has 7 heteroatoms. The molecule has 1 amide bonds. The minimum Gasteiger partial charge on any atom is -0.459 e. The highest BCUT2D eigenvalue weighted by Gasteiger charge is 2.23. The lowest BCUT2D eigenvalue weighted by Gasteiger charge is -2.35.